The van der Waals surface area contributed by atoms with Crippen molar-refractivity contribution in [3.05, 3.63) is 48.2 Å². The molecule has 128 valence electrons. The Balaban J connectivity index is 1.50. The molecular formula is C18H22N2O4. The molecule has 24 heavy (non-hydrogen) atoms. The normalized spacial score (nSPS) is 16.8. The van der Waals surface area contributed by atoms with Gasteiger partial charge >= 0.3 is 0 Å². The lowest BCUT2D eigenvalue weighted by Crippen LogP contribution is -2.50. The fraction of sp³-hybridized carbons (Fsp3) is 0.389. The van der Waals surface area contributed by atoms with Gasteiger partial charge in [0.2, 0.25) is 0 Å². The quantitative estimate of drug-likeness (QED) is 0.909. The molecule has 6 nitrogen and oxygen atoms in total. The number of furan rings is 1. The summed E-state index contributed by atoms with van der Waals surface area (Å²) in [6, 6.07) is 13.2. The number of nitrogens with zero attached hydrogens (tertiary/aromatic N) is 2. The summed E-state index contributed by atoms with van der Waals surface area (Å²) in [6.45, 7) is 4.94. The molecule has 6 heteroatoms. The highest BCUT2D eigenvalue weighted by molar-refractivity contribution is 5.80. The minimum Gasteiger partial charge on any atom is -0.429 e. The molecule has 0 saturated carbocycles. The molecule has 0 spiro atoms. The molecule has 1 amide bonds. The second kappa shape index (κ2) is 7.51. The molecule has 0 bridgehead atoms. The number of piperazine rings is 1. The molecule has 1 N–H and O–H groups in total. The minimum absolute atomic E-state index is 0.203. The van der Waals surface area contributed by atoms with Crippen molar-refractivity contribution >= 4 is 5.91 Å². The average molecular weight is 330 g/mol. The van der Waals surface area contributed by atoms with E-state index < -0.39 is 6.10 Å². The van der Waals surface area contributed by atoms with Crippen LogP contribution in [0.1, 0.15) is 12.7 Å². The third-order valence-electron chi connectivity index (χ3n) is 4.02. The first kappa shape index (κ1) is 16.5. The van der Waals surface area contributed by atoms with Gasteiger partial charge in [-0.05, 0) is 25.1 Å². The van der Waals surface area contributed by atoms with Gasteiger partial charge in [-0.15, -0.1) is 0 Å². The summed E-state index contributed by atoms with van der Waals surface area (Å²) in [5, 5.41) is 9.36. The first-order valence-electron chi connectivity index (χ1n) is 8.12. The van der Waals surface area contributed by atoms with Gasteiger partial charge in [0.05, 0.1) is 6.54 Å². The van der Waals surface area contributed by atoms with Gasteiger partial charge in [0.15, 0.2) is 0 Å². The maximum atomic E-state index is 11.8. The predicted molar refractivity (Wildman–Crippen MR) is 88.8 cm³/mol. The summed E-state index contributed by atoms with van der Waals surface area (Å²) in [5.41, 5.74) is 0. The molecule has 1 atom stereocenters. The second-order valence-corrected chi connectivity index (χ2v) is 5.91. The van der Waals surface area contributed by atoms with Gasteiger partial charge in [0.1, 0.15) is 17.6 Å². The molecule has 1 saturated heterocycles. The van der Waals surface area contributed by atoms with Gasteiger partial charge in [-0.25, -0.2) is 0 Å². The van der Waals surface area contributed by atoms with E-state index in [4.69, 9.17) is 9.15 Å². The van der Waals surface area contributed by atoms with Crippen LogP contribution in [0.4, 0.5) is 0 Å². The molecule has 2 heterocycles. The molecule has 1 aromatic heterocycles. The van der Waals surface area contributed by atoms with Crippen molar-refractivity contribution in [2.24, 2.45) is 0 Å². The Morgan fingerprint density at radius 2 is 1.88 bits per heavy atom. The number of amides is 1. The molecule has 2 aromatic rings. The van der Waals surface area contributed by atoms with E-state index in [2.05, 4.69) is 4.90 Å². The summed E-state index contributed by atoms with van der Waals surface area (Å²) in [5.74, 6) is 1.84. The number of carbonyl (C=O) groups is 1. The highest BCUT2D eigenvalue weighted by atomic mass is 16.6. The van der Waals surface area contributed by atoms with E-state index in [1.807, 2.05) is 42.5 Å². The molecule has 1 aliphatic rings. The van der Waals surface area contributed by atoms with Crippen LogP contribution in [0, 0.1) is 0 Å². The number of carbonyl (C=O) groups excluding carboxylic acids is 1. The summed E-state index contributed by atoms with van der Waals surface area (Å²) in [4.78, 5) is 15.7. The van der Waals surface area contributed by atoms with Crippen LogP contribution in [-0.4, -0.2) is 53.1 Å². The van der Waals surface area contributed by atoms with Crippen LogP contribution in [0.15, 0.2) is 46.9 Å². The zero-order valence-electron chi connectivity index (χ0n) is 13.7. The number of rotatable bonds is 5. The number of aliphatic hydroxyl groups excluding tert-OH is 1. The molecule has 1 unspecified atom stereocenters. The third kappa shape index (κ3) is 4.15. The number of benzene rings is 1. The summed E-state index contributed by atoms with van der Waals surface area (Å²) in [6.07, 6.45) is -0.931. The van der Waals surface area contributed by atoms with Crippen molar-refractivity contribution < 1.29 is 19.1 Å². The van der Waals surface area contributed by atoms with Gasteiger partial charge in [-0.2, -0.15) is 0 Å². The molecule has 0 aliphatic carbocycles. The van der Waals surface area contributed by atoms with Crippen molar-refractivity contribution in [3.63, 3.8) is 0 Å². The summed E-state index contributed by atoms with van der Waals surface area (Å²) >= 11 is 0. The topological polar surface area (TPSA) is 66.2 Å². The molecule has 1 fully saturated rings. The Hall–Kier alpha value is -2.31. The van der Waals surface area contributed by atoms with E-state index in [1.54, 1.807) is 4.90 Å². The number of para-hydroxylation sites is 1. The predicted octanol–water partition coefficient (Wildman–Crippen LogP) is 2.10. The van der Waals surface area contributed by atoms with Crippen molar-refractivity contribution in [3.8, 4) is 11.7 Å². The molecule has 0 radical (unpaired) electrons. The lowest BCUT2D eigenvalue weighted by atomic mass is 10.2. The van der Waals surface area contributed by atoms with Crippen LogP contribution >= 0.6 is 0 Å². The fourth-order valence-electron chi connectivity index (χ4n) is 2.71. The van der Waals surface area contributed by atoms with Crippen LogP contribution in [0.25, 0.3) is 0 Å². The molecule has 3 rings (SSSR count). The highest BCUT2D eigenvalue weighted by Gasteiger charge is 2.24. The number of hydrogen-bond acceptors (Lipinski definition) is 5. The fourth-order valence-corrected chi connectivity index (χ4v) is 2.71. The van der Waals surface area contributed by atoms with Gasteiger partial charge in [0, 0.05) is 32.2 Å². The zero-order chi connectivity index (χ0) is 16.9. The highest BCUT2D eigenvalue weighted by Crippen LogP contribution is 2.24. The number of aliphatic hydroxyl groups is 1. The first-order chi connectivity index (χ1) is 11.6. The van der Waals surface area contributed by atoms with Crippen molar-refractivity contribution in [2.75, 3.05) is 26.2 Å². The largest absolute Gasteiger partial charge is 0.429 e. The van der Waals surface area contributed by atoms with Gasteiger partial charge in [0.25, 0.3) is 11.9 Å². The molecular weight excluding hydrogens is 308 g/mol. The summed E-state index contributed by atoms with van der Waals surface area (Å²) < 4.78 is 11.4. The lowest BCUT2D eigenvalue weighted by molar-refractivity contribution is -0.141. The number of ether oxygens (including phenoxy) is 1. The van der Waals surface area contributed by atoms with Crippen molar-refractivity contribution in [2.45, 2.75) is 19.6 Å². The Morgan fingerprint density at radius 3 is 2.54 bits per heavy atom. The average Bonchev–Trinajstić information content (AvgIpc) is 3.02. The van der Waals surface area contributed by atoms with Crippen LogP contribution < -0.4 is 4.74 Å². The second-order valence-electron chi connectivity index (χ2n) is 5.91. The Kier molecular flexibility index (Phi) is 5.17. The zero-order valence-corrected chi connectivity index (χ0v) is 13.7. The monoisotopic (exact) mass is 330 g/mol. The standard InChI is InChI=1S/C18H22N2O4/c1-14(21)18(22)20-11-9-19(10-12-20)13-16-7-8-17(24-16)23-15-5-3-2-4-6-15/h2-8,14,21H,9-13H2,1H3. The van der Waals surface area contributed by atoms with Crippen LogP contribution in [-0.2, 0) is 11.3 Å². The SMILES string of the molecule is CC(O)C(=O)N1CCN(Cc2ccc(Oc3ccccc3)o2)CC1. The van der Waals surface area contributed by atoms with E-state index in [0.29, 0.717) is 25.6 Å². The van der Waals surface area contributed by atoms with E-state index >= 15 is 0 Å². The maximum absolute atomic E-state index is 11.8. The van der Waals surface area contributed by atoms with Crippen molar-refractivity contribution in [1.29, 1.82) is 0 Å². The Labute approximate surface area is 141 Å². The molecule has 1 aromatic carbocycles. The maximum Gasteiger partial charge on any atom is 0.290 e. The van der Waals surface area contributed by atoms with Gasteiger partial charge in [-0.1, -0.05) is 18.2 Å². The van der Waals surface area contributed by atoms with Crippen LogP contribution in [0.5, 0.6) is 11.7 Å². The third-order valence-corrected chi connectivity index (χ3v) is 4.02. The number of hydrogen-bond donors (Lipinski definition) is 1. The Morgan fingerprint density at radius 1 is 1.17 bits per heavy atom. The lowest BCUT2D eigenvalue weighted by Gasteiger charge is -2.34. The summed E-state index contributed by atoms with van der Waals surface area (Å²) in [7, 11) is 0. The van der Waals surface area contributed by atoms with E-state index in [-0.39, 0.29) is 5.91 Å². The van der Waals surface area contributed by atoms with E-state index in [9.17, 15) is 9.90 Å². The first-order valence-corrected chi connectivity index (χ1v) is 8.12. The minimum atomic E-state index is -0.931. The van der Waals surface area contributed by atoms with Crippen LogP contribution in [0.2, 0.25) is 0 Å². The van der Waals surface area contributed by atoms with E-state index in [0.717, 1.165) is 24.6 Å². The van der Waals surface area contributed by atoms with Gasteiger partial charge in [-0.3, -0.25) is 9.69 Å². The Bertz CT molecular complexity index is 661. The van der Waals surface area contributed by atoms with Gasteiger partial charge < -0.3 is 19.2 Å². The smallest absolute Gasteiger partial charge is 0.290 e. The van der Waals surface area contributed by atoms with E-state index in [1.165, 1.54) is 6.92 Å². The van der Waals surface area contributed by atoms with Crippen molar-refractivity contribution in [1.82, 2.24) is 9.80 Å². The van der Waals surface area contributed by atoms with Crippen LogP contribution in [0.3, 0.4) is 0 Å². The molecule has 1 aliphatic heterocycles.